The SMILES string of the molecule is CCc1c([NH-])cccc1C(=O)OC.[Pr]. The Bertz CT molecular complexity index is 326. The zero-order chi connectivity index (χ0) is 9.84. The maximum absolute atomic E-state index is 11.2. The van der Waals surface area contributed by atoms with Crippen LogP contribution >= 0.6 is 0 Å². The first-order valence-electron chi connectivity index (χ1n) is 4.12. The first kappa shape index (κ1) is 13.9. The smallest absolute Gasteiger partial charge is 0.338 e. The van der Waals surface area contributed by atoms with Gasteiger partial charge in [-0.15, -0.1) is 5.69 Å². The standard InChI is InChI=1S/C10H12NO2.Pr/c1-3-7-8(10(12)13-2)5-4-6-9(7)11;/h4-6,11H,3H2,1-2H3;/q-1;. The van der Waals surface area contributed by atoms with Gasteiger partial charge < -0.3 is 10.5 Å². The van der Waals surface area contributed by atoms with Crippen LogP contribution in [0.15, 0.2) is 18.2 Å². The van der Waals surface area contributed by atoms with Crippen molar-refractivity contribution < 1.29 is 50.8 Å². The Morgan fingerprint density at radius 2 is 2.14 bits per heavy atom. The molecule has 73 valence electrons. The molecule has 1 aromatic rings. The number of hydrogen-bond donors (Lipinski definition) is 0. The van der Waals surface area contributed by atoms with Crippen LogP contribution in [0.2, 0.25) is 0 Å². The van der Waals surface area contributed by atoms with Gasteiger partial charge in [0.25, 0.3) is 0 Å². The Labute approximate surface area is 117 Å². The summed E-state index contributed by atoms with van der Waals surface area (Å²) in [6.45, 7) is 1.92. The molecule has 0 aliphatic carbocycles. The summed E-state index contributed by atoms with van der Waals surface area (Å²) in [5.41, 5.74) is 9.21. The van der Waals surface area contributed by atoms with Crippen LogP contribution in [0.5, 0.6) is 0 Å². The van der Waals surface area contributed by atoms with E-state index >= 15 is 0 Å². The Morgan fingerprint density at radius 3 is 2.64 bits per heavy atom. The normalized spacial score (nSPS) is 9.00. The fraction of sp³-hybridized carbons (Fsp3) is 0.300. The molecule has 0 aliphatic heterocycles. The van der Waals surface area contributed by atoms with Crippen LogP contribution in [0.25, 0.3) is 5.73 Å². The van der Waals surface area contributed by atoms with E-state index in [1.807, 2.05) is 6.92 Å². The van der Waals surface area contributed by atoms with E-state index in [2.05, 4.69) is 4.74 Å². The van der Waals surface area contributed by atoms with Crippen LogP contribution in [0.4, 0.5) is 5.69 Å². The van der Waals surface area contributed by atoms with Crippen molar-refractivity contribution in [2.75, 3.05) is 7.11 Å². The molecule has 1 N–H and O–H groups in total. The molecule has 0 aliphatic rings. The second-order valence-electron chi connectivity index (χ2n) is 2.68. The molecule has 0 saturated heterocycles. The topological polar surface area (TPSA) is 50.1 Å². The zero-order valence-corrected chi connectivity index (χ0v) is 12.0. The fourth-order valence-corrected chi connectivity index (χ4v) is 1.27. The fourth-order valence-electron chi connectivity index (χ4n) is 1.27. The minimum Gasteiger partial charge on any atom is -0.698 e. The van der Waals surface area contributed by atoms with Crippen LogP contribution in [-0.4, -0.2) is 13.1 Å². The molecule has 0 unspecified atom stereocenters. The number of rotatable bonds is 2. The molecule has 0 spiro atoms. The van der Waals surface area contributed by atoms with E-state index in [9.17, 15) is 4.79 Å². The molecule has 1 rings (SSSR count). The minimum atomic E-state index is -0.369. The van der Waals surface area contributed by atoms with Crippen molar-refractivity contribution in [3.8, 4) is 0 Å². The average Bonchev–Trinajstić information content (AvgIpc) is 2.16. The van der Waals surface area contributed by atoms with Gasteiger partial charge in [-0.05, 0) is 18.1 Å². The number of methoxy groups -OCH3 is 1. The van der Waals surface area contributed by atoms with Gasteiger partial charge in [0.15, 0.2) is 0 Å². The van der Waals surface area contributed by atoms with Crippen molar-refractivity contribution in [2.45, 2.75) is 13.3 Å². The number of carbonyl (C=O) groups excluding carboxylic acids is 1. The Kier molecular flexibility index (Phi) is 6.29. The summed E-state index contributed by atoms with van der Waals surface area (Å²) in [6.07, 6.45) is 0.671. The summed E-state index contributed by atoms with van der Waals surface area (Å²) in [5.74, 6) is -0.369. The number of ether oxygens (including phenoxy) is 1. The van der Waals surface area contributed by atoms with Crippen LogP contribution in [-0.2, 0) is 11.2 Å². The van der Waals surface area contributed by atoms with Gasteiger partial charge in [-0.25, -0.2) is 4.79 Å². The molecule has 0 amide bonds. The summed E-state index contributed by atoms with van der Waals surface area (Å²) in [6, 6.07) is 5.04. The van der Waals surface area contributed by atoms with Gasteiger partial charge in [0.1, 0.15) is 0 Å². The van der Waals surface area contributed by atoms with Crippen LogP contribution in [0.1, 0.15) is 22.8 Å². The largest absolute Gasteiger partial charge is 0.698 e. The second-order valence-corrected chi connectivity index (χ2v) is 2.68. The van der Waals surface area contributed by atoms with Gasteiger partial charge in [-0.2, -0.15) is 0 Å². The molecule has 0 bridgehead atoms. The summed E-state index contributed by atoms with van der Waals surface area (Å²) in [5, 5.41) is 0. The molecule has 14 heavy (non-hydrogen) atoms. The van der Waals surface area contributed by atoms with Crippen molar-refractivity contribution in [3.05, 3.63) is 35.1 Å². The third-order valence-electron chi connectivity index (χ3n) is 1.93. The summed E-state index contributed by atoms with van der Waals surface area (Å²) < 4.78 is 4.61. The van der Waals surface area contributed by atoms with Gasteiger partial charge in [-0.1, -0.05) is 19.1 Å². The number of hydrogen-bond acceptors (Lipinski definition) is 2. The van der Waals surface area contributed by atoms with E-state index in [0.29, 0.717) is 17.7 Å². The maximum atomic E-state index is 11.2. The number of esters is 1. The number of benzene rings is 1. The van der Waals surface area contributed by atoms with Crippen molar-refractivity contribution in [1.82, 2.24) is 0 Å². The summed E-state index contributed by atoms with van der Waals surface area (Å²) in [7, 11) is 1.35. The van der Waals surface area contributed by atoms with Gasteiger partial charge in [0.05, 0.1) is 12.7 Å². The monoisotopic (exact) mass is 319 g/mol. The van der Waals surface area contributed by atoms with Crippen molar-refractivity contribution >= 4 is 11.7 Å². The molecule has 0 atom stereocenters. The van der Waals surface area contributed by atoms with E-state index in [1.54, 1.807) is 18.2 Å². The minimum absolute atomic E-state index is 0. The first-order chi connectivity index (χ1) is 6.20. The quantitative estimate of drug-likeness (QED) is 0.787. The molecular formula is C10H12NO2Pr-. The average molecular weight is 319 g/mol. The third kappa shape index (κ3) is 2.92. The maximum Gasteiger partial charge on any atom is 0.338 e. The third-order valence-corrected chi connectivity index (χ3v) is 1.93. The van der Waals surface area contributed by atoms with E-state index in [1.165, 1.54) is 7.11 Å². The molecular weight excluding hydrogens is 307 g/mol. The van der Waals surface area contributed by atoms with Crippen molar-refractivity contribution in [3.63, 3.8) is 0 Å². The predicted octanol–water partition coefficient (Wildman–Crippen LogP) is 2.72. The molecule has 1 radical (unpaired) electrons. The van der Waals surface area contributed by atoms with E-state index in [0.717, 1.165) is 5.56 Å². The van der Waals surface area contributed by atoms with Crippen LogP contribution in [0, 0.1) is 41.3 Å². The molecule has 4 heteroatoms. The summed E-state index contributed by atoms with van der Waals surface area (Å²) >= 11 is 0. The molecule has 0 saturated carbocycles. The Morgan fingerprint density at radius 1 is 1.50 bits per heavy atom. The second kappa shape index (κ2) is 6.36. The van der Waals surface area contributed by atoms with E-state index < -0.39 is 0 Å². The van der Waals surface area contributed by atoms with Crippen molar-refractivity contribution in [1.29, 1.82) is 0 Å². The molecule has 0 aromatic heterocycles. The Balaban J connectivity index is 0.00000169. The molecule has 0 fully saturated rings. The number of carbonyl (C=O) groups is 1. The summed E-state index contributed by atoms with van der Waals surface area (Å²) in [4.78, 5) is 11.2. The first-order valence-corrected chi connectivity index (χ1v) is 4.12. The molecule has 0 heterocycles. The Hall–Kier alpha value is -0.146. The van der Waals surface area contributed by atoms with Crippen LogP contribution < -0.4 is 0 Å². The zero-order valence-electron chi connectivity index (χ0n) is 8.33. The van der Waals surface area contributed by atoms with Gasteiger partial charge in [-0.3, -0.25) is 0 Å². The molecule has 1 aromatic carbocycles. The van der Waals surface area contributed by atoms with Crippen LogP contribution in [0.3, 0.4) is 0 Å². The molecule has 3 nitrogen and oxygen atoms in total. The van der Waals surface area contributed by atoms with E-state index in [4.69, 9.17) is 5.73 Å². The van der Waals surface area contributed by atoms with Gasteiger partial charge in [0.2, 0.25) is 0 Å². The van der Waals surface area contributed by atoms with Gasteiger partial charge in [0, 0.05) is 41.3 Å². The van der Waals surface area contributed by atoms with Gasteiger partial charge >= 0.3 is 5.97 Å². The predicted molar refractivity (Wildman–Crippen MR) is 51.1 cm³/mol. The van der Waals surface area contributed by atoms with Crippen molar-refractivity contribution in [2.24, 2.45) is 0 Å². The van der Waals surface area contributed by atoms with E-state index in [-0.39, 0.29) is 47.3 Å². The number of nitrogens with one attached hydrogen (secondary N) is 1.